The maximum Gasteiger partial charge on any atom is 0.336 e. The van der Waals surface area contributed by atoms with Crippen LogP contribution in [-0.4, -0.2) is 32.5 Å². The van der Waals surface area contributed by atoms with Gasteiger partial charge in [0.15, 0.2) is 5.17 Å². The molecule has 0 saturated carbocycles. The van der Waals surface area contributed by atoms with Crippen LogP contribution in [0.15, 0.2) is 38.5 Å². The third kappa shape index (κ3) is 4.25. The summed E-state index contributed by atoms with van der Waals surface area (Å²) in [6, 6.07) is 6.86. The highest BCUT2D eigenvalue weighted by Gasteiger charge is 2.08. The Kier molecular flexibility index (Phi) is 5.85. The molecule has 0 aliphatic rings. The largest absolute Gasteiger partial charge is 0.497 e. The van der Waals surface area contributed by atoms with Crippen molar-refractivity contribution >= 4 is 27.9 Å². The summed E-state index contributed by atoms with van der Waals surface area (Å²) in [6.07, 6.45) is 0. The Hall–Kier alpha value is -1.99. The zero-order valence-corrected chi connectivity index (χ0v) is 13.3. The molecule has 0 unspecified atom stereocenters. The van der Waals surface area contributed by atoms with Crippen molar-refractivity contribution in [1.29, 1.82) is 0 Å². The van der Waals surface area contributed by atoms with Gasteiger partial charge in [-0.05, 0) is 17.7 Å². The number of thioether (sulfide) groups is 1. The van der Waals surface area contributed by atoms with E-state index in [9.17, 15) is 4.79 Å². The molecular weight excluding hydrogens is 304 g/mol. The van der Waals surface area contributed by atoms with Gasteiger partial charge in [0.2, 0.25) is 0 Å². The van der Waals surface area contributed by atoms with E-state index in [1.165, 1.54) is 17.8 Å². The lowest BCUT2D eigenvalue weighted by Crippen LogP contribution is -2.10. The Morgan fingerprint density at radius 2 is 2.18 bits per heavy atom. The molecule has 0 aliphatic heterocycles. The van der Waals surface area contributed by atoms with Gasteiger partial charge in [0.1, 0.15) is 11.3 Å². The Morgan fingerprint density at radius 3 is 2.91 bits per heavy atom. The van der Waals surface area contributed by atoms with E-state index in [2.05, 4.69) is 4.99 Å². The lowest BCUT2D eigenvalue weighted by Gasteiger charge is -2.06. The molecule has 6 nitrogen and oxygen atoms in total. The number of nitrogens with two attached hydrogens (primary N) is 1. The first kappa shape index (κ1) is 16.4. The maximum absolute atomic E-state index is 11.7. The summed E-state index contributed by atoms with van der Waals surface area (Å²) >= 11 is 1.37. The number of fused-ring (bicyclic) bond motifs is 1. The van der Waals surface area contributed by atoms with Gasteiger partial charge in [-0.1, -0.05) is 11.8 Å². The van der Waals surface area contributed by atoms with Gasteiger partial charge in [0.05, 0.1) is 20.3 Å². The molecule has 0 radical (unpaired) electrons. The molecule has 2 N–H and O–H groups in total. The van der Waals surface area contributed by atoms with Gasteiger partial charge in [-0.2, -0.15) is 0 Å². The number of aliphatic imine (C=N–C) groups is 1. The molecule has 0 aliphatic carbocycles. The van der Waals surface area contributed by atoms with E-state index >= 15 is 0 Å². The fourth-order valence-corrected chi connectivity index (χ4v) is 2.63. The summed E-state index contributed by atoms with van der Waals surface area (Å²) in [5.74, 6) is 1.18. The van der Waals surface area contributed by atoms with E-state index in [-0.39, 0.29) is 0 Å². The van der Waals surface area contributed by atoms with Gasteiger partial charge in [0, 0.05) is 30.4 Å². The molecular formula is C15H18N2O4S. The smallest absolute Gasteiger partial charge is 0.336 e. The number of rotatable bonds is 6. The van der Waals surface area contributed by atoms with Crippen molar-refractivity contribution in [2.24, 2.45) is 10.7 Å². The van der Waals surface area contributed by atoms with Crippen LogP contribution < -0.4 is 16.1 Å². The monoisotopic (exact) mass is 322 g/mol. The molecule has 118 valence electrons. The standard InChI is InChI=1S/C15H18N2O4S/c1-19-6-5-17-15(16)22-9-10-7-14(18)21-13-8-11(20-2)3-4-12(10)13/h3-4,7-8H,5-6,9H2,1-2H3,(H2,16,17). The highest BCUT2D eigenvalue weighted by atomic mass is 32.2. The van der Waals surface area contributed by atoms with Crippen LogP contribution in [0.2, 0.25) is 0 Å². The lowest BCUT2D eigenvalue weighted by molar-refractivity contribution is 0.208. The van der Waals surface area contributed by atoms with E-state index in [1.54, 1.807) is 20.3 Å². The number of ether oxygens (including phenoxy) is 2. The second-order valence-corrected chi connectivity index (χ2v) is 5.45. The van der Waals surface area contributed by atoms with Gasteiger partial charge in [0.25, 0.3) is 0 Å². The zero-order chi connectivity index (χ0) is 15.9. The molecule has 1 aromatic carbocycles. The summed E-state index contributed by atoms with van der Waals surface area (Å²) in [6.45, 7) is 1.04. The highest BCUT2D eigenvalue weighted by molar-refractivity contribution is 8.13. The second kappa shape index (κ2) is 7.86. The minimum Gasteiger partial charge on any atom is -0.497 e. The van der Waals surface area contributed by atoms with E-state index in [4.69, 9.17) is 19.6 Å². The Morgan fingerprint density at radius 1 is 1.36 bits per heavy atom. The Balaban J connectivity index is 2.20. The van der Waals surface area contributed by atoms with Crippen LogP contribution in [0, 0.1) is 0 Å². The van der Waals surface area contributed by atoms with Crippen molar-refractivity contribution < 1.29 is 13.9 Å². The zero-order valence-electron chi connectivity index (χ0n) is 12.5. The Labute approximate surface area is 132 Å². The number of benzene rings is 1. The van der Waals surface area contributed by atoms with Crippen LogP contribution >= 0.6 is 11.8 Å². The summed E-state index contributed by atoms with van der Waals surface area (Å²) in [7, 11) is 3.18. The molecule has 0 atom stereocenters. The summed E-state index contributed by atoms with van der Waals surface area (Å²) in [5, 5.41) is 1.32. The van der Waals surface area contributed by atoms with E-state index in [1.807, 2.05) is 12.1 Å². The molecule has 0 amide bonds. The first-order chi connectivity index (χ1) is 10.6. The van der Waals surface area contributed by atoms with Gasteiger partial charge in [-0.3, -0.25) is 4.99 Å². The average molecular weight is 322 g/mol. The number of hydrogen-bond acceptors (Lipinski definition) is 6. The quantitative estimate of drug-likeness (QED) is 0.379. The lowest BCUT2D eigenvalue weighted by atomic mass is 10.1. The van der Waals surface area contributed by atoms with Gasteiger partial charge in [-0.25, -0.2) is 4.79 Å². The third-order valence-electron chi connectivity index (χ3n) is 2.98. The van der Waals surface area contributed by atoms with E-state index in [0.29, 0.717) is 35.4 Å². The Bertz CT molecular complexity index is 727. The van der Waals surface area contributed by atoms with Crippen LogP contribution in [0.4, 0.5) is 0 Å². The van der Waals surface area contributed by atoms with Crippen LogP contribution in [0.1, 0.15) is 5.56 Å². The van der Waals surface area contributed by atoms with Crippen molar-refractivity contribution in [3.05, 3.63) is 40.2 Å². The van der Waals surface area contributed by atoms with Crippen molar-refractivity contribution in [2.45, 2.75) is 5.75 Å². The molecule has 0 spiro atoms. The minimum absolute atomic E-state index is 0.397. The van der Waals surface area contributed by atoms with Crippen molar-refractivity contribution in [3.63, 3.8) is 0 Å². The molecule has 7 heteroatoms. The second-order valence-electron chi connectivity index (χ2n) is 4.45. The SMILES string of the molecule is COCCN=C(N)SCc1cc(=O)oc2cc(OC)ccc12. The molecule has 22 heavy (non-hydrogen) atoms. The van der Waals surface area contributed by atoms with Crippen molar-refractivity contribution in [2.75, 3.05) is 27.4 Å². The van der Waals surface area contributed by atoms with Crippen LogP contribution in [0.25, 0.3) is 11.0 Å². The predicted octanol–water partition coefficient (Wildman–Crippen LogP) is 2.00. The van der Waals surface area contributed by atoms with Crippen LogP contribution in [0.3, 0.4) is 0 Å². The third-order valence-corrected chi connectivity index (χ3v) is 3.86. The number of methoxy groups -OCH3 is 2. The fraction of sp³-hybridized carbons (Fsp3) is 0.333. The summed E-state index contributed by atoms with van der Waals surface area (Å²) < 4.78 is 15.3. The number of hydrogen-bond donors (Lipinski definition) is 1. The molecule has 2 aromatic rings. The summed E-state index contributed by atoms with van der Waals surface area (Å²) in [5.41, 5.74) is 6.78. The van der Waals surface area contributed by atoms with Crippen molar-refractivity contribution in [3.8, 4) is 5.75 Å². The van der Waals surface area contributed by atoms with E-state index < -0.39 is 5.63 Å². The molecule has 1 aromatic heterocycles. The topological polar surface area (TPSA) is 87.1 Å². The molecule has 0 saturated heterocycles. The van der Waals surface area contributed by atoms with E-state index in [0.717, 1.165) is 10.9 Å². The first-order valence-corrected chi connectivity index (χ1v) is 7.65. The minimum atomic E-state index is -0.397. The van der Waals surface area contributed by atoms with Crippen LogP contribution in [0.5, 0.6) is 5.75 Å². The number of nitrogens with zero attached hydrogens (tertiary/aromatic N) is 1. The first-order valence-electron chi connectivity index (χ1n) is 6.66. The summed E-state index contributed by atoms with van der Waals surface area (Å²) in [4.78, 5) is 15.8. The van der Waals surface area contributed by atoms with Crippen molar-refractivity contribution in [1.82, 2.24) is 0 Å². The molecule has 2 rings (SSSR count). The highest BCUT2D eigenvalue weighted by Crippen LogP contribution is 2.25. The molecule has 1 heterocycles. The van der Waals surface area contributed by atoms with Gasteiger partial charge >= 0.3 is 5.63 Å². The van der Waals surface area contributed by atoms with Crippen LogP contribution in [-0.2, 0) is 10.5 Å². The average Bonchev–Trinajstić information content (AvgIpc) is 2.52. The predicted molar refractivity (Wildman–Crippen MR) is 88.7 cm³/mol. The number of amidine groups is 1. The van der Waals surface area contributed by atoms with Gasteiger partial charge < -0.3 is 19.6 Å². The fourth-order valence-electron chi connectivity index (χ4n) is 1.90. The molecule has 0 fully saturated rings. The normalized spacial score (nSPS) is 11.8. The maximum atomic E-state index is 11.7. The van der Waals surface area contributed by atoms with Gasteiger partial charge in [-0.15, -0.1) is 0 Å². The molecule has 0 bridgehead atoms.